The van der Waals surface area contributed by atoms with Gasteiger partial charge in [-0.2, -0.15) is 0 Å². The smallest absolute Gasteiger partial charge is 0.0408 e. The van der Waals surface area contributed by atoms with Crippen LogP contribution in [0.4, 0.5) is 0 Å². The zero-order valence-electron chi connectivity index (χ0n) is 11.4. The Hall–Kier alpha value is -0.570. The predicted molar refractivity (Wildman–Crippen MR) is 80.4 cm³/mol. The van der Waals surface area contributed by atoms with Crippen molar-refractivity contribution < 1.29 is 0 Å². The van der Waals surface area contributed by atoms with Crippen molar-refractivity contribution in [2.75, 3.05) is 19.6 Å². The number of rotatable bonds is 4. The van der Waals surface area contributed by atoms with Crippen LogP contribution in [0, 0.1) is 11.8 Å². The maximum absolute atomic E-state index is 6.23. The van der Waals surface area contributed by atoms with E-state index in [1.165, 1.54) is 31.5 Å². The van der Waals surface area contributed by atoms with Crippen molar-refractivity contribution in [2.24, 2.45) is 17.6 Å². The van der Waals surface area contributed by atoms with Crippen LogP contribution in [0.3, 0.4) is 0 Å². The first-order valence-corrected chi connectivity index (χ1v) is 7.79. The molecule has 2 fully saturated rings. The fraction of sp³-hybridized carbons (Fsp3) is 0.625. The Labute approximate surface area is 120 Å². The van der Waals surface area contributed by atoms with Gasteiger partial charge < -0.3 is 10.6 Å². The van der Waals surface area contributed by atoms with E-state index < -0.39 is 0 Å². The van der Waals surface area contributed by atoms with Crippen molar-refractivity contribution in [1.29, 1.82) is 0 Å². The van der Waals surface area contributed by atoms with Crippen LogP contribution in [0.1, 0.15) is 24.8 Å². The summed E-state index contributed by atoms with van der Waals surface area (Å²) in [5.74, 6) is 1.64. The molecule has 2 atom stereocenters. The van der Waals surface area contributed by atoms with Crippen LogP contribution in [0.2, 0.25) is 5.02 Å². The Kier molecular flexibility index (Phi) is 4.11. The number of hydrogen-bond donors (Lipinski definition) is 1. The molecule has 2 nitrogen and oxygen atoms in total. The number of hydrogen-bond acceptors (Lipinski definition) is 2. The number of nitrogens with two attached hydrogens (primary N) is 1. The number of nitrogens with zero attached hydrogens (tertiary/aromatic N) is 1. The molecule has 0 bridgehead atoms. The highest BCUT2D eigenvalue weighted by molar-refractivity contribution is 6.30. The van der Waals surface area contributed by atoms with Crippen LogP contribution >= 0.6 is 11.6 Å². The van der Waals surface area contributed by atoms with Gasteiger partial charge in [0.2, 0.25) is 0 Å². The van der Waals surface area contributed by atoms with E-state index in [0.717, 1.165) is 30.3 Å². The Bertz CT molecular complexity index is 429. The average molecular weight is 279 g/mol. The van der Waals surface area contributed by atoms with Gasteiger partial charge in [-0.15, -0.1) is 0 Å². The zero-order chi connectivity index (χ0) is 13.2. The monoisotopic (exact) mass is 278 g/mol. The first-order chi connectivity index (χ1) is 9.19. The highest BCUT2D eigenvalue weighted by atomic mass is 35.5. The molecule has 0 spiro atoms. The average Bonchev–Trinajstić information content (AvgIpc) is 3.12. The van der Waals surface area contributed by atoms with Crippen LogP contribution < -0.4 is 5.73 Å². The maximum atomic E-state index is 6.23. The second-order valence-electron chi connectivity index (χ2n) is 6.36. The van der Waals surface area contributed by atoms with Crippen molar-refractivity contribution in [3.05, 3.63) is 34.9 Å². The molecule has 2 N–H and O–H groups in total. The van der Waals surface area contributed by atoms with E-state index in [0.29, 0.717) is 12.0 Å². The summed E-state index contributed by atoms with van der Waals surface area (Å²) in [6.07, 6.45) is 5.10. The highest BCUT2D eigenvalue weighted by Gasteiger charge is 2.30. The normalized spacial score (nSPS) is 28.5. The third kappa shape index (κ3) is 3.95. The van der Waals surface area contributed by atoms with E-state index in [9.17, 15) is 0 Å². The summed E-state index contributed by atoms with van der Waals surface area (Å²) in [6, 6.07) is 8.60. The molecule has 0 radical (unpaired) electrons. The third-order valence-corrected chi connectivity index (χ3v) is 4.51. The van der Waals surface area contributed by atoms with Gasteiger partial charge in [-0.1, -0.05) is 23.7 Å². The van der Waals surface area contributed by atoms with Crippen molar-refractivity contribution in [2.45, 2.75) is 31.7 Å². The van der Waals surface area contributed by atoms with Gasteiger partial charge in [0, 0.05) is 30.7 Å². The lowest BCUT2D eigenvalue weighted by Crippen LogP contribution is -2.48. The largest absolute Gasteiger partial charge is 0.327 e. The van der Waals surface area contributed by atoms with Gasteiger partial charge in [0.05, 0.1) is 0 Å². The summed E-state index contributed by atoms with van der Waals surface area (Å²) >= 11 is 6.06. The second-order valence-corrected chi connectivity index (χ2v) is 6.79. The molecule has 3 rings (SSSR count). The minimum absolute atomic E-state index is 0.344. The summed E-state index contributed by atoms with van der Waals surface area (Å²) in [6.45, 7) is 3.55. The molecular formula is C16H23ClN2. The summed E-state index contributed by atoms with van der Waals surface area (Å²) in [5, 5.41) is 0.840. The fourth-order valence-electron chi connectivity index (χ4n) is 3.31. The van der Waals surface area contributed by atoms with Crippen LogP contribution in [0.15, 0.2) is 24.3 Å². The molecule has 104 valence electrons. The maximum Gasteiger partial charge on any atom is 0.0408 e. The lowest BCUT2D eigenvalue weighted by Gasteiger charge is -2.36. The van der Waals surface area contributed by atoms with Gasteiger partial charge in [0.1, 0.15) is 0 Å². The first kappa shape index (κ1) is 13.4. The molecule has 1 heterocycles. The molecule has 1 saturated carbocycles. The van der Waals surface area contributed by atoms with E-state index in [1.54, 1.807) is 0 Å². The molecule has 1 aromatic carbocycles. The number of piperidine rings is 1. The predicted octanol–water partition coefficient (Wildman–Crippen LogP) is 2.94. The third-order valence-electron chi connectivity index (χ3n) is 4.27. The minimum atomic E-state index is 0.344. The van der Waals surface area contributed by atoms with Crippen molar-refractivity contribution >= 4 is 11.6 Å². The molecule has 19 heavy (non-hydrogen) atoms. The zero-order valence-corrected chi connectivity index (χ0v) is 12.1. The molecular weight excluding hydrogens is 256 g/mol. The number of likely N-dealkylation sites (tertiary alicyclic amines) is 1. The molecule has 1 saturated heterocycles. The van der Waals surface area contributed by atoms with Gasteiger partial charge in [-0.3, -0.25) is 0 Å². The fourth-order valence-corrected chi connectivity index (χ4v) is 3.52. The summed E-state index contributed by atoms with van der Waals surface area (Å²) in [7, 11) is 0. The molecule has 0 aromatic heterocycles. The van der Waals surface area contributed by atoms with E-state index in [4.69, 9.17) is 17.3 Å². The van der Waals surface area contributed by atoms with Crippen LogP contribution in [0.25, 0.3) is 0 Å². The minimum Gasteiger partial charge on any atom is -0.327 e. The van der Waals surface area contributed by atoms with Gasteiger partial charge in [0.15, 0.2) is 0 Å². The van der Waals surface area contributed by atoms with E-state index in [1.807, 2.05) is 12.1 Å². The lowest BCUT2D eigenvalue weighted by molar-refractivity contribution is 0.150. The Morgan fingerprint density at radius 3 is 2.79 bits per heavy atom. The number of benzene rings is 1. The van der Waals surface area contributed by atoms with Crippen molar-refractivity contribution in [3.63, 3.8) is 0 Å². The van der Waals surface area contributed by atoms with E-state index >= 15 is 0 Å². The molecule has 2 aliphatic rings. The van der Waals surface area contributed by atoms with Gasteiger partial charge >= 0.3 is 0 Å². The van der Waals surface area contributed by atoms with Crippen molar-refractivity contribution in [1.82, 2.24) is 4.90 Å². The molecule has 0 amide bonds. The number of halogens is 1. The summed E-state index contributed by atoms with van der Waals surface area (Å²) in [4.78, 5) is 2.58. The SMILES string of the molecule is NC1CC(Cc2cccc(Cl)c2)CN(CC2CC2)C1. The quantitative estimate of drug-likeness (QED) is 0.918. The topological polar surface area (TPSA) is 29.3 Å². The van der Waals surface area contributed by atoms with Gasteiger partial charge in [-0.05, 0) is 55.2 Å². The van der Waals surface area contributed by atoms with Crippen molar-refractivity contribution in [3.8, 4) is 0 Å². The van der Waals surface area contributed by atoms with Gasteiger partial charge in [0.25, 0.3) is 0 Å². The highest BCUT2D eigenvalue weighted by Crippen LogP contribution is 2.31. The van der Waals surface area contributed by atoms with Crippen LogP contribution in [0.5, 0.6) is 0 Å². The molecule has 1 aliphatic heterocycles. The van der Waals surface area contributed by atoms with Crippen LogP contribution in [-0.2, 0) is 6.42 Å². The molecule has 1 aromatic rings. The van der Waals surface area contributed by atoms with Gasteiger partial charge in [-0.25, -0.2) is 0 Å². The first-order valence-electron chi connectivity index (χ1n) is 7.41. The van der Waals surface area contributed by atoms with E-state index in [-0.39, 0.29) is 0 Å². The lowest BCUT2D eigenvalue weighted by atomic mass is 9.89. The standard InChI is InChI=1S/C16H23ClN2/c17-15-3-1-2-13(7-15)6-14-8-16(18)11-19(10-14)9-12-4-5-12/h1-3,7,12,14,16H,4-6,8-11,18H2. The Morgan fingerprint density at radius 1 is 1.21 bits per heavy atom. The Balaban J connectivity index is 1.59. The second kappa shape index (κ2) is 5.82. The van der Waals surface area contributed by atoms with Crippen LogP contribution in [-0.4, -0.2) is 30.6 Å². The molecule has 3 heteroatoms. The molecule has 1 aliphatic carbocycles. The molecule has 2 unspecified atom stereocenters. The summed E-state index contributed by atoms with van der Waals surface area (Å²) in [5.41, 5.74) is 7.57. The summed E-state index contributed by atoms with van der Waals surface area (Å²) < 4.78 is 0. The Morgan fingerprint density at radius 2 is 2.05 bits per heavy atom. The van der Waals surface area contributed by atoms with E-state index in [2.05, 4.69) is 17.0 Å².